The van der Waals surface area contributed by atoms with E-state index in [9.17, 15) is 5.11 Å². The zero-order valence-electron chi connectivity index (χ0n) is 6.74. The van der Waals surface area contributed by atoms with Crippen molar-refractivity contribution in [2.45, 2.75) is 19.1 Å². The van der Waals surface area contributed by atoms with Crippen LogP contribution in [-0.4, -0.2) is 18.2 Å². The summed E-state index contributed by atoms with van der Waals surface area (Å²) in [6.45, 7) is 1.96. The molecular weight excluding hydrogens is 158 g/mol. The fourth-order valence-corrected chi connectivity index (χ4v) is 1.58. The molecule has 1 rings (SSSR count). The third kappa shape index (κ3) is 2.02. The molecule has 1 aromatic heterocycles. The molecule has 0 saturated heterocycles. The lowest BCUT2D eigenvalue weighted by Gasteiger charge is -2.16. The molecule has 0 saturated carbocycles. The van der Waals surface area contributed by atoms with E-state index in [-0.39, 0.29) is 12.1 Å². The molecule has 0 fully saturated rings. The van der Waals surface area contributed by atoms with Crippen LogP contribution >= 0.6 is 11.3 Å². The van der Waals surface area contributed by atoms with Crippen molar-refractivity contribution in [3.8, 4) is 0 Å². The van der Waals surface area contributed by atoms with Crippen LogP contribution in [0.5, 0.6) is 0 Å². The van der Waals surface area contributed by atoms with Crippen LogP contribution in [0.15, 0.2) is 16.8 Å². The van der Waals surface area contributed by atoms with E-state index in [1.807, 2.05) is 30.8 Å². The quantitative estimate of drug-likeness (QED) is 0.720. The molecule has 62 valence electrons. The van der Waals surface area contributed by atoms with Gasteiger partial charge >= 0.3 is 0 Å². The number of rotatable bonds is 3. The normalized spacial score (nSPS) is 16.3. The van der Waals surface area contributed by atoms with Gasteiger partial charge in [0.15, 0.2) is 0 Å². The minimum Gasteiger partial charge on any atom is -0.387 e. The van der Waals surface area contributed by atoms with Crippen LogP contribution in [0.25, 0.3) is 0 Å². The maximum Gasteiger partial charge on any atom is 0.0948 e. The van der Waals surface area contributed by atoms with E-state index in [1.54, 1.807) is 11.3 Å². The predicted molar refractivity (Wildman–Crippen MR) is 47.8 cm³/mol. The minimum atomic E-state index is -0.383. The summed E-state index contributed by atoms with van der Waals surface area (Å²) in [7, 11) is 1.85. The van der Waals surface area contributed by atoms with Crippen LogP contribution in [0.1, 0.15) is 18.6 Å². The van der Waals surface area contributed by atoms with Gasteiger partial charge in [-0.25, -0.2) is 0 Å². The number of thiophene rings is 1. The highest BCUT2D eigenvalue weighted by Crippen LogP contribution is 2.18. The van der Waals surface area contributed by atoms with Gasteiger partial charge in [0.25, 0.3) is 0 Å². The maximum absolute atomic E-state index is 9.62. The molecule has 2 atom stereocenters. The number of hydrogen-bond donors (Lipinski definition) is 2. The van der Waals surface area contributed by atoms with Gasteiger partial charge < -0.3 is 10.4 Å². The largest absolute Gasteiger partial charge is 0.387 e. The molecule has 0 unspecified atom stereocenters. The molecule has 1 aromatic rings. The average molecular weight is 171 g/mol. The Morgan fingerprint density at radius 1 is 1.64 bits per heavy atom. The Hall–Kier alpha value is -0.380. The molecule has 3 heteroatoms. The second kappa shape index (κ2) is 3.85. The van der Waals surface area contributed by atoms with Crippen molar-refractivity contribution in [1.82, 2.24) is 5.32 Å². The highest BCUT2D eigenvalue weighted by Gasteiger charge is 2.13. The monoisotopic (exact) mass is 171 g/mol. The van der Waals surface area contributed by atoms with Crippen molar-refractivity contribution in [2.75, 3.05) is 7.05 Å². The summed E-state index contributed by atoms with van der Waals surface area (Å²) in [5.41, 5.74) is 0.997. The second-order valence-electron chi connectivity index (χ2n) is 2.58. The smallest absolute Gasteiger partial charge is 0.0948 e. The zero-order valence-corrected chi connectivity index (χ0v) is 7.56. The van der Waals surface area contributed by atoms with Gasteiger partial charge in [-0.1, -0.05) is 0 Å². The van der Waals surface area contributed by atoms with Gasteiger partial charge in [0.2, 0.25) is 0 Å². The third-order valence-electron chi connectivity index (χ3n) is 1.81. The molecule has 0 spiro atoms. The summed E-state index contributed by atoms with van der Waals surface area (Å²) in [5.74, 6) is 0. The Labute approximate surface area is 70.9 Å². The van der Waals surface area contributed by atoms with Crippen molar-refractivity contribution in [2.24, 2.45) is 0 Å². The van der Waals surface area contributed by atoms with E-state index in [2.05, 4.69) is 5.32 Å². The van der Waals surface area contributed by atoms with Crippen LogP contribution in [0.2, 0.25) is 0 Å². The lowest BCUT2D eigenvalue weighted by atomic mass is 10.1. The first-order valence-corrected chi connectivity index (χ1v) is 4.57. The SMILES string of the molecule is CN[C@H](C)[C@@H](O)c1ccsc1. The van der Waals surface area contributed by atoms with E-state index in [0.29, 0.717) is 0 Å². The van der Waals surface area contributed by atoms with Gasteiger partial charge in [0.05, 0.1) is 6.10 Å². The van der Waals surface area contributed by atoms with Crippen molar-refractivity contribution < 1.29 is 5.11 Å². The molecule has 0 bridgehead atoms. The Balaban J connectivity index is 2.62. The van der Waals surface area contributed by atoms with Crippen LogP contribution in [0.3, 0.4) is 0 Å². The summed E-state index contributed by atoms with van der Waals surface area (Å²) in [6, 6.07) is 2.06. The summed E-state index contributed by atoms with van der Waals surface area (Å²) in [5, 5.41) is 16.6. The van der Waals surface area contributed by atoms with Gasteiger partial charge in [0.1, 0.15) is 0 Å². The standard InChI is InChI=1S/C8H13NOS/c1-6(9-2)8(10)7-3-4-11-5-7/h3-6,8-10H,1-2H3/t6-,8-/m1/s1. The molecule has 2 nitrogen and oxygen atoms in total. The van der Waals surface area contributed by atoms with Gasteiger partial charge in [-0.3, -0.25) is 0 Å². The molecule has 0 aliphatic rings. The summed E-state index contributed by atoms with van der Waals surface area (Å²) < 4.78 is 0. The number of hydrogen-bond acceptors (Lipinski definition) is 3. The second-order valence-corrected chi connectivity index (χ2v) is 3.36. The van der Waals surface area contributed by atoms with Gasteiger partial charge in [-0.2, -0.15) is 11.3 Å². The van der Waals surface area contributed by atoms with Crippen molar-refractivity contribution >= 4 is 11.3 Å². The highest BCUT2D eigenvalue weighted by atomic mass is 32.1. The first-order chi connectivity index (χ1) is 5.25. The Bertz CT molecular complexity index is 198. The van der Waals surface area contributed by atoms with Crippen LogP contribution < -0.4 is 5.32 Å². The van der Waals surface area contributed by atoms with Gasteiger partial charge in [-0.15, -0.1) is 0 Å². The molecule has 2 N–H and O–H groups in total. The minimum absolute atomic E-state index is 0.115. The lowest BCUT2D eigenvalue weighted by molar-refractivity contribution is 0.140. The molecular formula is C8H13NOS. The molecule has 0 radical (unpaired) electrons. The average Bonchev–Trinajstić information content (AvgIpc) is 2.53. The number of aliphatic hydroxyl groups is 1. The summed E-state index contributed by atoms with van der Waals surface area (Å²) in [6.07, 6.45) is -0.383. The Kier molecular flexibility index (Phi) is 3.05. The maximum atomic E-state index is 9.62. The van der Waals surface area contributed by atoms with Gasteiger partial charge in [-0.05, 0) is 36.4 Å². The van der Waals surface area contributed by atoms with Crippen molar-refractivity contribution in [3.05, 3.63) is 22.4 Å². The van der Waals surface area contributed by atoms with Gasteiger partial charge in [0, 0.05) is 6.04 Å². The lowest BCUT2D eigenvalue weighted by Crippen LogP contribution is -2.28. The first kappa shape index (κ1) is 8.71. The van der Waals surface area contributed by atoms with Crippen LogP contribution in [-0.2, 0) is 0 Å². The fourth-order valence-electron chi connectivity index (χ4n) is 0.890. The Morgan fingerprint density at radius 3 is 2.82 bits per heavy atom. The van der Waals surface area contributed by atoms with E-state index >= 15 is 0 Å². The zero-order chi connectivity index (χ0) is 8.27. The van der Waals surface area contributed by atoms with Crippen molar-refractivity contribution in [3.63, 3.8) is 0 Å². The fraction of sp³-hybridized carbons (Fsp3) is 0.500. The van der Waals surface area contributed by atoms with E-state index in [4.69, 9.17) is 0 Å². The number of likely N-dealkylation sites (N-methyl/N-ethyl adjacent to an activating group) is 1. The summed E-state index contributed by atoms with van der Waals surface area (Å²) >= 11 is 1.61. The molecule has 0 aliphatic heterocycles. The summed E-state index contributed by atoms with van der Waals surface area (Å²) in [4.78, 5) is 0. The molecule has 0 aliphatic carbocycles. The highest BCUT2D eigenvalue weighted by molar-refractivity contribution is 7.07. The van der Waals surface area contributed by atoms with E-state index in [0.717, 1.165) is 5.56 Å². The molecule has 0 aromatic carbocycles. The molecule has 1 heterocycles. The van der Waals surface area contributed by atoms with Crippen molar-refractivity contribution in [1.29, 1.82) is 0 Å². The third-order valence-corrected chi connectivity index (χ3v) is 2.52. The number of aliphatic hydroxyl groups excluding tert-OH is 1. The Morgan fingerprint density at radius 2 is 2.36 bits per heavy atom. The topological polar surface area (TPSA) is 32.3 Å². The van der Waals surface area contributed by atoms with Crippen LogP contribution in [0, 0.1) is 0 Å². The van der Waals surface area contributed by atoms with Crippen LogP contribution in [0.4, 0.5) is 0 Å². The molecule has 11 heavy (non-hydrogen) atoms. The number of nitrogens with one attached hydrogen (secondary N) is 1. The van der Waals surface area contributed by atoms with E-state index in [1.165, 1.54) is 0 Å². The first-order valence-electron chi connectivity index (χ1n) is 3.63. The predicted octanol–water partition coefficient (Wildman–Crippen LogP) is 1.39. The molecule has 0 amide bonds. The van der Waals surface area contributed by atoms with E-state index < -0.39 is 0 Å².